The van der Waals surface area contributed by atoms with Crippen LogP contribution in [0.3, 0.4) is 0 Å². The van der Waals surface area contributed by atoms with Crippen LogP contribution >= 0.6 is 0 Å². The fourth-order valence-corrected chi connectivity index (χ4v) is 5.36. The van der Waals surface area contributed by atoms with E-state index in [0.717, 1.165) is 49.1 Å². The van der Waals surface area contributed by atoms with Crippen LogP contribution < -0.4 is 5.32 Å². The molecule has 7 nitrogen and oxygen atoms in total. The number of unbranched alkanes of at least 4 members (excludes halogenated alkanes) is 1. The third kappa shape index (κ3) is 5.76. The number of sulfonamides is 1. The van der Waals surface area contributed by atoms with Crippen molar-refractivity contribution in [1.29, 1.82) is 0 Å². The Hall–Kier alpha value is -2.71. The molecular formula is C27H36N4O3S. The first-order valence-electron chi connectivity index (χ1n) is 12.5. The van der Waals surface area contributed by atoms with Crippen molar-refractivity contribution >= 4 is 27.0 Å². The highest BCUT2D eigenvalue weighted by molar-refractivity contribution is 7.89. The maximum absolute atomic E-state index is 13.0. The van der Waals surface area contributed by atoms with Crippen molar-refractivity contribution in [3.8, 4) is 0 Å². The molecule has 1 heterocycles. The first kappa shape index (κ1) is 25.4. The number of amides is 1. The first-order chi connectivity index (χ1) is 16.7. The van der Waals surface area contributed by atoms with Crippen molar-refractivity contribution < 1.29 is 13.2 Å². The zero-order chi connectivity index (χ0) is 25.2. The van der Waals surface area contributed by atoms with Crippen molar-refractivity contribution in [3.05, 3.63) is 59.4 Å². The van der Waals surface area contributed by atoms with Gasteiger partial charge in [-0.1, -0.05) is 43.2 Å². The summed E-state index contributed by atoms with van der Waals surface area (Å²) in [5, 5.41) is 3.26. The maximum atomic E-state index is 13.0. The van der Waals surface area contributed by atoms with Gasteiger partial charge >= 0.3 is 0 Å². The van der Waals surface area contributed by atoms with Crippen LogP contribution in [-0.4, -0.2) is 42.3 Å². The second-order valence-electron chi connectivity index (χ2n) is 9.76. The lowest BCUT2D eigenvalue weighted by Crippen LogP contribution is -2.30. The quantitative estimate of drug-likeness (QED) is 0.421. The zero-order valence-electron chi connectivity index (χ0n) is 21.1. The molecule has 0 radical (unpaired) electrons. The normalized spacial score (nSPS) is 15.0. The summed E-state index contributed by atoms with van der Waals surface area (Å²) in [5.74, 6) is 1.35. The standard InChI is InChI=1S/C27H36N4O3S/c1-5-6-17-31-24-14-13-22(35(33,34)30(3)4)18-23(24)28-25(31)15-16-26(32)29-27(21-11-12-21)20-9-7-19(2)8-10-20/h7-10,13-14,18,21,27H,5-6,11-12,15-17H2,1-4H3,(H,29,32). The molecule has 2 aromatic carbocycles. The van der Waals surface area contributed by atoms with Crippen LogP contribution in [0.1, 0.15) is 62.0 Å². The fraction of sp³-hybridized carbons (Fsp3) is 0.481. The van der Waals surface area contributed by atoms with Crippen LogP contribution in [0.4, 0.5) is 0 Å². The van der Waals surface area contributed by atoms with Gasteiger partial charge in [-0.3, -0.25) is 4.79 Å². The molecule has 0 spiro atoms. The van der Waals surface area contributed by atoms with Gasteiger partial charge in [-0.15, -0.1) is 0 Å². The van der Waals surface area contributed by atoms with E-state index in [1.807, 2.05) is 6.07 Å². The third-order valence-electron chi connectivity index (χ3n) is 6.73. The van der Waals surface area contributed by atoms with Crippen LogP contribution in [-0.2, 0) is 27.8 Å². The molecule has 0 saturated heterocycles. The van der Waals surface area contributed by atoms with E-state index in [1.54, 1.807) is 12.1 Å². The van der Waals surface area contributed by atoms with E-state index in [4.69, 9.17) is 4.98 Å². The van der Waals surface area contributed by atoms with Crippen molar-refractivity contribution in [2.24, 2.45) is 5.92 Å². The summed E-state index contributed by atoms with van der Waals surface area (Å²) in [7, 11) is -0.494. The van der Waals surface area contributed by atoms with Crippen molar-refractivity contribution in [2.75, 3.05) is 14.1 Å². The van der Waals surface area contributed by atoms with E-state index in [9.17, 15) is 13.2 Å². The highest BCUT2D eigenvalue weighted by atomic mass is 32.2. The molecular weight excluding hydrogens is 460 g/mol. The molecule has 188 valence electrons. The molecule has 1 aromatic heterocycles. The molecule has 0 bridgehead atoms. The van der Waals surface area contributed by atoms with Gasteiger partial charge in [-0.25, -0.2) is 17.7 Å². The molecule has 8 heteroatoms. The van der Waals surface area contributed by atoms with E-state index >= 15 is 0 Å². The Labute approximate surface area is 208 Å². The first-order valence-corrected chi connectivity index (χ1v) is 13.9. The highest BCUT2D eigenvalue weighted by Gasteiger charge is 2.33. The fourth-order valence-electron chi connectivity index (χ4n) is 4.43. The number of benzene rings is 2. The average Bonchev–Trinajstić information content (AvgIpc) is 3.61. The van der Waals surface area contributed by atoms with Crippen LogP contribution in [0.5, 0.6) is 0 Å². The van der Waals surface area contributed by atoms with E-state index in [2.05, 4.69) is 48.0 Å². The van der Waals surface area contributed by atoms with Crippen LogP contribution in [0.15, 0.2) is 47.4 Å². The number of rotatable bonds is 11. The van der Waals surface area contributed by atoms with Gasteiger partial charge in [0.2, 0.25) is 15.9 Å². The van der Waals surface area contributed by atoms with Gasteiger partial charge in [0.25, 0.3) is 0 Å². The zero-order valence-corrected chi connectivity index (χ0v) is 21.9. The maximum Gasteiger partial charge on any atom is 0.242 e. The largest absolute Gasteiger partial charge is 0.349 e. The predicted octanol–water partition coefficient (Wildman–Crippen LogP) is 4.60. The number of nitrogens with one attached hydrogen (secondary N) is 1. The van der Waals surface area contributed by atoms with Crippen LogP contribution in [0.2, 0.25) is 0 Å². The Balaban J connectivity index is 1.53. The SMILES string of the molecule is CCCCn1c(CCC(=O)NC(c2ccc(C)cc2)C2CC2)nc2cc(S(=O)(=O)N(C)C)ccc21. The number of aromatic nitrogens is 2. The van der Waals surface area contributed by atoms with Gasteiger partial charge in [0.15, 0.2) is 0 Å². The minimum absolute atomic E-state index is 0.0208. The number of nitrogens with zero attached hydrogens (tertiary/aromatic N) is 3. The second-order valence-corrected chi connectivity index (χ2v) is 11.9. The van der Waals surface area contributed by atoms with Crippen molar-refractivity contribution in [1.82, 2.24) is 19.2 Å². The van der Waals surface area contributed by atoms with Crippen LogP contribution in [0, 0.1) is 12.8 Å². The Morgan fingerprint density at radius 3 is 2.51 bits per heavy atom. The predicted molar refractivity (Wildman–Crippen MR) is 139 cm³/mol. The van der Waals surface area contributed by atoms with Crippen molar-refractivity contribution in [3.63, 3.8) is 0 Å². The monoisotopic (exact) mass is 496 g/mol. The Morgan fingerprint density at radius 1 is 1.17 bits per heavy atom. The molecule has 1 fully saturated rings. The summed E-state index contributed by atoms with van der Waals surface area (Å²) < 4.78 is 28.5. The lowest BCUT2D eigenvalue weighted by Gasteiger charge is -2.19. The number of fused-ring (bicyclic) bond motifs is 1. The topological polar surface area (TPSA) is 84.3 Å². The van der Waals surface area contributed by atoms with E-state index in [0.29, 0.717) is 24.3 Å². The lowest BCUT2D eigenvalue weighted by molar-refractivity contribution is -0.122. The van der Waals surface area contributed by atoms with Gasteiger partial charge in [-0.2, -0.15) is 0 Å². The van der Waals surface area contributed by atoms with Gasteiger partial charge < -0.3 is 9.88 Å². The number of carbonyl (C=O) groups excluding carboxylic acids is 1. The Bertz CT molecular complexity index is 1290. The number of imidazole rings is 1. The molecule has 35 heavy (non-hydrogen) atoms. The van der Waals surface area contributed by atoms with Crippen LogP contribution in [0.25, 0.3) is 11.0 Å². The summed E-state index contributed by atoms with van der Waals surface area (Å²) in [5.41, 5.74) is 3.93. The van der Waals surface area contributed by atoms with Gasteiger partial charge in [0.05, 0.1) is 22.0 Å². The van der Waals surface area contributed by atoms with Gasteiger partial charge in [0.1, 0.15) is 5.82 Å². The minimum atomic E-state index is -3.54. The minimum Gasteiger partial charge on any atom is -0.349 e. The summed E-state index contributed by atoms with van der Waals surface area (Å²) in [6.45, 7) is 4.99. The molecule has 1 atom stereocenters. The molecule has 3 aromatic rings. The number of carbonyl (C=O) groups is 1. The Morgan fingerprint density at radius 2 is 1.89 bits per heavy atom. The number of hydrogen-bond acceptors (Lipinski definition) is 4. The summed E-state index contributed by atoms with van der Waals surface area (Å²) in [6.07, 6.45) is 5.15. The molecule has 1 N–H and O–H groups in total. The van der Waals surface area contributed by atoms with Gasteiger partial charge in [0, 0.05) is 33.5 Å². The summed E-state index contributed by atoms with van der Waals surface area (Å²) >= 11 is 0. The number of aryl methyl sites for hydroxylation is 3. The van der Waals surface area contributed by atoms with E-state index < -0.39 is 10.0 Å². The van der Waals surface area contributed by atoms with Gasteiger partial charge in [-0.05, 0) is 55.9 Å². The average molecular weight is 497 g/mol. The lowest BCUT2D eigenvalue weighted by atomic mass is 10.0. The van der Waals surface area contributed by atoms with Crippen molar-refractivity contribution in [2.45, 2.75) is 69.9 Å². The summed E-state index contributed by atoms with van der Waals surface area (Å²) in [6, 6.07) is 13.6. The molecule has 1 aliphatic rings. The van der Waals surface area contributed by atoms with E-state index in [-0.39, 0.29) is 16.8 Å². The Kier molecular flexibility index (Phi) is 7.62. The molecule has 4 rings (SSSR count). The second kappa shape index (κ2) is 10.5. The molecule has 1 aliphatic carbocycles. The summed E-state index contributed by atoms with van der Waals surface area (Å²) in [4.78, 5) is 18.0. The molecule has 1 unspecified atom stereocenters. The smallest absolute Gasteiger partial charge is 0.242 e. The third-order valence-corrected chi connectivity index (χ3v) is 8.55. The number of hydrogen-bond donors (Lipinski definition) is 1. The molecule has 1 saturated carbocycles. The molecule has 0 aliphatic heterocycles. The molecule has 1 amide bonds. The van der Waals surface area contributed by atoms with E-state index in [1.165, 1.54) is 24.0 Å². The highest BCUT2D eigenvalue weighted by Crippen LogP contribution is 2.41.